The second-order valence-electron chi connectivity index (χ2n) is 4.06. The lowest BCUT2D eigenvalue weighted by Gasteiger charge is -2.21. The number of aliphatic carboxylic acids is 1. The van der Waals surface area contributed by atoms with Crippen LogP contribution in [-0.2, 0) is 9.59 Å². The Morgan fingerprint density at radius 3 is 2.29 bits per heavy atom. The first-order valence-electron chi connectivity index (χ1n) is 6.22. The van der Waals surface area contributed by atoms with Gasteiger partial charge in [-0.15, -0.1) is 0 Å². The van der Waals surface area contributed by atoms with Crippen LogP contribution in [0.5, 0.6) is 0 Å². The van der Waals surface area contributed by atoms with E-state index in [0.29, 0.717) is 13.1 Å². The molecule has 0 atom stereocenters. The fourth-order valence-electron chi connectivity index (χ4n) is 1.58. The Bertz CT molecular complexity index is 231. The molecule has 0 bridgehead atoms. The fraction of sp³-hybridized carbons (Fsp3) is 0.833. The molecule has 0 radical (unpaired) electrons. The van der Waals surface area contributed by atoms with E-state index in [1.165, 1.54) is 0 Å². The van der Waals surface area contributed by atoms with Crippen LogP contribution < -0.4 is 0 Å². The average molecular weight is 245 g/mol. The third kappa shape index (κ3) is 8.68. The summed E-state index contributed by atoms with van der Waals surface area (Å²) in [7, 11) is 0. The SMILES string of the molecule is CCCCCCN(CCO)C(=O)CCC(=O)O. The van der Waals surface area contributed by atoms with Crippen molar-refractivity contribution in [3.8, 4) is 0 Å². The Morgan fingerprint density at radius 1 is 1.06 bits per heavy atom. The van der Waals surface area contributed by atoms with E-state index >= 15 is 0 Å². The summed E-state index contributed by atoms with van der Waals surface area (Å²) in [6.07, 6.45) is 4.11. The highest BCUT2D eigenvalue weighted by atomic mass is 16.4. The van der Waals surface area contributed by atoms with E-state index in [0.717, 1.165) is 25.7 Å². The lowest BCUT2D eigenvalue weighted by molar-refractivity contribution is -0.141. The number of nitrogens with zero attached hydrogens (tertiary/aromatic N) is 1. The molecule has 0 rings (SSSR count). The molecule has 0 aromatic carbocycles. The molecule has 5 nitrogen and oxygen atoms in total. The predicted octanol–water partition coefficient (Wildman–Crippen LogP) is 1.25. The topological polar surface area (TPSA) is 77.8 Å². The number of carboxylic acids is 1. The Labute approximate surface area is 102 Å². The third-order valence-electron chi connectivity index (χ3n) is 2.56. The smallest absolute Gasteiger partial charge is 0.303 e. The van der Waals surface area contributed by atoms with Gasteiger partial charge in [0.2, 0.25) is 5.91 Å². The van der Waals surface area contributed by atoms with Crippen LogP contribution in [-0.4, -0.2) is 46.7 Å². The number of aliphatic hydroxyl groups excluding tert-OH is 1. The number of unbranched alkanes of at least 4 members (excludes halogenated alkanes) is 3. The summed E-state index contributed by atoms with van der Waals surface area (Å²) in [6.45, 7) is 2.94. The molecule has 1 amide bonds. The summed E-state index contributed by atoms with van der Waals surface area (Å²) in [5.74, 6) is -1.15. The Morgan fingerprint density at radius 2 is 1.76 bits per heavy atom. The van der Waals surface area contributed by atoms with E-state index in [1.54, 1.807) is 4.90 Å². The summed E-state index contributed by atoms with van der Waals surface area (Å²) in [5.41, 5.74) is 0. The number of rotatable bonds is 10. The quantitative estimate of drug-likeness (QED) is 0.568. The summed E-state index contributed by atoms with van der Waals surface area (Å²) in [5, 5.41) is 17.4. The van der Waals surface area contributed by atoms with E-state index in [4.69, 9.17) is 10.2 Å². The first-order chi connectivity index (χ1) is 8.11. The zero-order valence-electron chi connectivity index (χ0n) is 10.5. The van der Waals surface area contributed by atoms with Gasteiger partial charge < -0.3 is 15.1 Å². The summed E-state index contributed by atoms with van der Waals surface area (Å²) < 4.78 is 0. The zero-order chi connectivity index (χ0) is 13.1. The summed E-state index contributed by atoms with van der Waals surface area (Å²) in [6, 6.07) is 0. The molecule has 0 aromatic rings. The minimum Gasteiger partial charge on any atom is -0.481 e. The largest absolute Gasteiger partial charge is 0.481 e. The van der Waals surface area contributed by atoms with E-state index < -0.39 is 5.97 Å². The monoisotopic (exact) mass is 245 g/mol. The van der Waals surface area contributed by atoms with Crippen molar-refractivity contribution in [2.45, 2.75) is 45.4 Å². The first kappa shape index (κ1) is 15.9. The molecule has 0 fully saturated rings. The van der Waals surface area contributed by atoms with Crippen LogP contribution in [0.25, 0.3) is 0 Å². The van der Waals surface area contributed by atoms with Gasteiger partial charge in [0.15, 0.2) is 0 Å². The molecule has 0 spiro atoms. The minimum absolute atomic E-state index is 0.0170. The predicted molar refractivity (Wildman–Crippen MR) is 64.7 cm³/mol. The number of carboxylic acid groups (broad SMARTS) is 1. The molecule has 2 N–H and O–H groups in total. The van der Waals surface area contributed by atoms with Crippen LogP contribution in [0.4, 0.5) is 0 Å². The second-order valence-corrected chi connectivity index (χ2v) is 4.06. The van der Waals surface area contributed by atoms with Crippen molar-refractivity contribution >= 4 is 11.9 Å². The Kier molecular flexibility index (Phi) is 9.43. The van der Waals surface area contributed by atoms with Crippen LogP contribution in [0.1, 0.15) is 45.4 Å². The van der Waals surface area contributed by atoms with Gasteiger partial charge in [-0.1, -0.05) is 26.2 Å². The normalized spacial score (nSPS) is 10.2. The van der Waals surface area contributed by atoms with Gasteiger partial charge in [0, 0.05) is 19.5 Å². The maximum Gasteiger partial charge on any atom is 0.303 e. The van der Waals surface area contributed by atoms with Crippen molar-refractivity contribution in [1.82, 2.24) is 4.90 Å². The number of amides is 1. The van der Waals surface area contributed by atoms with Gasteiger partial charge in [-0.05, 0) is 6.42 Å². The van der Waals surface area contributed by atoms with E-state index in [2.05, 4.69) is 6.92 Å². The number of carbonyl (C=O) groups excluding carboxylic acids is 1. The van der Waals surface area contributed by atoms with Gasteiger partial charge in [-0.2, -0.15) is 0 Å². The van der Waals surface area contributed by atoms with Crippen molar-refractivity contribution in [3.63, 3.8) is 0 Å². The molecule has 0 aliphatic carbocycles. The average Bonchev–Trinajstić information content (AvgIpc) is 2.30. The number of hydrogen-bond donors (Lipinski definition) is 2. The molecule has 0 aliphatic rings. The molecule has 0 aromatic heterocycles. The van der Waals surface area contributed by atoms with Crippen molar-refractivity contribution in [3.05, 3.63) is 0 Å². The Balaban J connectivity index is 3.93. The first-order valence-corrected chi connectivity index (χ1v) is 6.22. The summed E-state index contributed by atoms with van der Waals surface area (Å²) >= 11 is 0. The maximum atomic E-state index is 11.7. The molecule has 0 saturated carbocycles. The molecular formula is C12H23NO4. The van der Waals surface area contributed by atoms with Gasteiger partial charge in [0.25, 0.3) is 0 Å². The number of aliphatic hydroxyl groups is 1. The molecular weight excluding hydrogens is 222 g/mol. The van der Waals surface area contributed by atoms with E-state index in [-0.39, 0.29) is 25.4 Å². The minimum atomic E-state index is -0.965. The highest BCUT2D eigenvalue weighted by Crippen LogP contribution is 2.04. The van der Waals surface area contributed by atoms with E-state index in [1.807, 2.05) is 0 Å². The molecule has 100 valence electrons. The molecule has 0 aliphatic heterocycles. The molecule has 0 heterocycles. The Hall–Kier alpha value is -1.10. The zero-order valence-corrected chi connectivity index (χ0v) is 10.5. The third-order valence-corrected chi connectivity index (χ3v) is 2.56. The molecule has 0 unspecified atom stereocenters. The standard InChI is InChI=1S/C12H23NO4/c1-2-3-4-5-8-13(9-10-14)11(15)6-7-12(16)17/h14H,2-10H2,1H3,(H,16,17). The molecule has 5 heteroatoms. The lowest BCUT2D eigenvalue weighted by atomic mass is 10.2. The van der Waals surface area contributed by atoms with E-state index in [9.17, 15) is 9.59 Å². The van der Waals surface area contributed by atoms with Crippen LogP contribution in [0, 0.1) is 0 Å². The van der Waals surface area contributed by atoms with Crippen LogP contribution >= 0.6 is 0 Å². The number of hydrogen-bond acceptors (Lipinski definition) is 3. The van der Waals surface area contributed by atoms with Crippen molar-refractivity contribution in [2.24, 2.45) is 0 Å². The molecule has 17 heavy (non-hydrogen) atoms. The van der Waals surface area contributed by atoms with Gasteiger partial charge in [-0.25, -0.2) is 0 Å². The maximum absolute atomic E-state index is 11.7. The van der Waals surface area contributed by atoms with Crippen LogP contribution in [0.15, 0.2) is 0 Å². The summed E-state index contributed by atoms with van der Waals surface area (Å²) in [4.78, 5) is 23.6. The highest BCUT2D eigenvalue weighted by molar-refractivity contribution is 5.80. The molecule has 0 saturated heterocycles. The second kappa shape index (κ2) is 10.1. The number of carbonyl (C=O) groups is 2. The van der Waals surface area contributed by atoms with Crippen LogP contribution in [0.3, 0.4) is 0 Å². The van der Waals surface area contributed by atoms with Gasteiger partial charge in [-0.3, -0.25) is 9.59 Å². The van der Waals surface area contributed by atoms with Crippen molar-refractivity contribution in [1.29, 1.82) is 0 Å². The lowest BCUT2D eigenvalue weighted by Crippen LogP contribution is -2.34. The fourth-order valence-corrected chi connectivity index (χ4v) is 1.58. The highest BCUT2D eigenvalue weighted by Gasteiger charge is 2.13. The van der Waals surface area contributed by atoms with Crippen LogP contribution in [0.2, 0.25) is 0 Å². The van der Waals surface area contributed by atoms with Crippen molar-refractivity contribution in [2.75, 3.05) is 19.7 Å². The van der Waals surface area contributed by atoms with Gasteiger partial charge in [0.05, 0.1) is 13.0 Å². The van der Waals surface area contributed by atoms with Gasteiger partial charge in [0.1, 0.15) is 0 Å². The van der Waals surface area contributed by atoms with Crippen molar-refractivity contribution < 1.29 is 19.8 Å². The van der Waals surface area contributed by atoms with Gasteiger partial charge >= 0.3 is 5.97 Å².